The number of hydrogen-bond donors (Lipinski definition) is 2. The molecular weight excluding hydrogens is 363 g/mol. The number of nitrogens with one attached hydrogen (secondary N) is 1. The summed E-state index contributed by atoms with van der Waals surface area (Å²) in [6.45, 7) is 0.459. The van der Waals surface area contributed by atoms with Crippen LogP contribution < -0.4 is 5.32 Å². The van der Waals surface area contributed by atoms with Crippen LogP contribution in [0.15, 0.2) is 18.2 Å². The van der Waals surface area contributed by atoms with Gasteiger partial charge in [-0.3, -0.25) is 14.9 Å². The van der Waals surface area contributed by atoms with Gasteiger partial charge in [0.25, 0.3) is 11.6 Å². The molecule has 1 aliphatic carbocycles. The Morgan fingerprint density at radius 1 is 1.53 bits per heavy atom. The van der Waals surface area contributed by atoms with Crippen LogP contribution in [-0.4, -0.2) is 29.1 Å². The second-order valence-electron chi connectivity index (χ2n) is 4.76. The topological polar surface area (TPSA) is 92.5 Å². The first kappa shape index (κ1) is 14.2. The van der Waals surface area contributed by atoms with Gasteiger partial charge in [-0.25, -0.2) is 0 Å². The summed E-state index contributed by atoms with van der Waals surface area (Å²) >= 11 is 1.97. The second-order valence-corrected chi connectivity index (χ2v) is 5.92. The molecule has 19 heavy (non-hydrogen) atoms. The molecule has 7 heteroatoms. The first-order valence-electron chi connectivity index (χ1n) is 5.80. The van der Waals surface area contributed by atoms with E-state index in [1.165, 1.54) is 12.1 Å². The first-order valence-corrected chi connectivity index (χ1v) is 6.88. The quantitative estimate of drug-likeness (QED) is 0.465. The zero-order valence-electron chi connectivity index (χ0n) is 10.1. The molecule has 1 aromatic carbocycles. The van der Waals surface area contributed by atoms with E-state index in [9.17, 15) is 14.9 Å². The Kier molecular flexibility index (Phi) is 4.04. The Bertz CT molecular complexity index is 528. The molecule has 0 radical (unpaired) electrons. The summed E-state index contributed by atoms with van der Waals surface area (Å²) in [7, 11) is 0. The van der Waals surface area contributed by atoms with Crippen molar-refractivity contribution < 1.29 is 14.8 Å². The summed E-state index contributed by atoms with van der Waals surface area (Å²) in [5.74, 6) is -0.340. The fourth-order valence-corrected chi connectivity index (χ4v) is 2.31. The maximum Gasteiger partial charge on any atom is 0.270 e. The third-order valence-corrected chi connectivity index (χ3v) is 4.26. The summed E-state index contributed by atoms with van der Waals surface area (Å²) in [6, 6.07) is 4.19. The number of amides is 1. The van der Waals surface area contributed by atoms with Gasteiger partial charge in [0.05, 0.1) is 17.1 Å². The fourth-order valence-electron chi connectivity index (χ4n) is 1.73. The van der Waals surface area contributed by atoms with Gasteiger partial charge in [0.1, 0.15) is 0 Å². The van der Waals surface area contributed by atoms with Gasteiger partial charge < -0.3 is 10.4 Å². The lowest BCUT2D eigenvalue weighted by molar-refractivity contribution is -0.384. The zero-order chi connectivity index (χ0) is 14.0. The van der Waals surface area contributed by atoms with Gasteiger partial charge in [-0.15, -0.1) is 0 Å². The van der Waals surface area contributed by atoms with Crippen LogP contribution >= 0.6 is 22.6 Å². The minimum Gasteiger partial charge on any atom is -0.396 e. The Labute approximate surface area is 123 Å². The molecule has 1 aromatic rings. The highest BCUT2D eigenvalue weighted by Gasteiger charge is 2.42. The molecule has 0 aromatic heterocycles. The molecule has 1 amide bonds. The molecule has 0 spiro atoms. The number of non-ortho nitro benzene ring substituents is 1. The molecule has 0 saturated heterocycles. The standard InChI is InChI=1S/C12H13IN2O4/c13-10-2-1-8(15(18)19)5-9(10)11(17)14-6-12(7-16)3-4-12/h1-2,5,16H,3-4,6-7H2,(H,14,17). The van der Waals surface area contributed by atoms with Crippen molar-refractivity contribution in [3.05, 3.63) is 37.4 Å². The maximum atomic E-state index is 12.0. The Hall–Kier alpha value is -1.22. The number of rotatable bonds is 5. The minimum atomic E-state index is -0.525. The number of aliphatic hydroxyl groups is 1. The molecule has 1 fully saturated rings. The number of nitro benzene ring substituents is 1. The molecular formula is C12H13IN2O4. The summed E-state index contributed by atoms with van der Waals surface area (Å²) in [6.07, 6.45) is 1.80. The largest absolute Gasteiger partial charge is 0.396 e. The average molecular weight is 376 g/mol. The van der Waals surface area contributed by atoms with Crippen molar-refractivity contribution in [2.45, 2.75) is 12.8 Å². The molecule has 1 aliphatic rings. The Morgan fingerprint density at radius 2 is 2.21 bits per heavy atom. The molecule has 102 valence electrons. The number of aliphatic hydroxyl groups excluding tert-OH is 1. The molecule has 1 saturated carbocycles. The van der Waals surface area contributed by atoms with Crippen molar-refractivity contribution in [3.63, 3.8) is 0 Å². The lowest BCUT2D eigenvalue weighted by atomic mass is 10.1. The van der Waals surface area contributed by atoms with Crippen LogP contribution in [-0.2, 0) is 0 Å². The Morgan fingerprint density at radius 3 is 2.74 bits per heavy atom. The lowest BCUT2D eigenvalue weighted by Gasteiger charge is -2.13. The van der Waals surface area contributed by atoms with E-state index in [1.807, 2.05) is 22.6 Å². The van der Waals surface area contributed by atoms with E-state index in [4.69, 9.17) is 5.11 Å². The lowest BCUT2D eigenvalue weighted by Crippen LogP contribution is -2.32. The van der Waals surface area contributed by atoms with E-state index in [0.717, 1.165) is 12.8 Å². The average Bonchev–Trinajstić information content (AvgIpc) is 3.17. The van der Waals surface area contributed by atoms with E-state index < -0.39 is 4.92 Å². The van der Waals surface area contributed by atoms with E-state index in [1.54, 1.807) is 6.07 Å². The zero-order valence-corrected chi connectivity index (χ0v) is 12.2. The molecule has 2 rings (SSSR count). The highest BCUT2D eigenvalue weighted by atomic mass is 127. The molecule has 0 atom stereocenters. The molecule has 2 N–H and O–H groups in total. The van der Waals surface area contributed by atoms with Crippen LogP contribution in [0, 0.1) is 19.1 Å². The molecule has 6 nitrogen and oxygen atoms in total. The molecule has 0 aliphatic heterocycles. The highest BCUT2D eigenvalue weighted by Crippen LogP contribution is 2.44. The highest BCUT2D eigenvalue weighted by molar-refractivity contribution is 14.1. The van der Waals surface area contributed by atoms with Crippen LogP contribution in [0.5, 0.6) is 0 Å². The molecule has 0 bridgehead atoms. The number of halogens is 1. The predicted molar refractivity (Wildman–Crippen MR) is 76.9 cm³/mol. The normalized spacial score (nSPS) is 15.9. The SMILES string of the molecule is O=C(NCC1(CO)CC1)c1cc([N+](=O)[O-])ccc1I. The predicted octanol–water partition coefficient (Wildman–Crippen LogP) is 1.70. The van der Waals surface area contributed by atoms with E-state index in [2.05, 4.69) is 5.32 Å². The number of nitro groups is 1. The third-order valence-electron chi connectivity index (χ3n) is 3.32. The number of benzene rings is 1. The van der Waals surface area contributed by atoms with Gasteiger partial charge in [0.15, 0.2) is 0 Å². The number of nitrogens with zero attached hydrogens (tertiary/aromatic N) is 1. The van der Waals surface area contributed by atoms with Crippen LogP contribution in [0.1, 0.15) is 23.2 Å². The van der Waals surface area contributed by atoms with Crippen LogP contribution in [0.3, 0.4) is 0 Å². The van der Waals surface area contributed by atoms with E-state index >= 15 is 0 Å². The molecule has 0 heterocycles. The van der Waals surface area contributed by atoms with Crippen LogP contribution in [0.25, 0.3) is 0 Å². The number of carbonyl (C=O) groups excluding carboxylic acids is 1. The van der Waals surface area contributed by atoms with Gasteiger partial charge in [0.2, 0.25) is 0 Å². The maximum absolute atomic E-state index is 12.0. The van der Waals surface area contributed by atoms with Gasteiger partial charge in [-0.1, -0.05) is 0 Å². The fraction of sp³-hybridized carbons (Fsp3) is 0.417. The monoisotopic (exact) mass is 376 g/mol. The van der Waals surface area contributed by atoms with Crippen molar-refractivity contribution in [1.29, 1.82) is 0 Å². The summed E-state index contributed by atoms with van der Waals surface area (Å²) in [5.41, 5.74) is 0.0133. The van der Waals surface area contributed by atoms with Gasteiger partial charge in [-0.05, 0) is 41.5 Å². The van der Waals surface area contributed by atoms with Crippen molar-refractivity contribution in [2.75, 3.05) is 13.2 Å². The van der Waals surface area contributed by atoms with Crippen molar-refractivity contribution >= 4 is 34.2 Å². The van der Waals surface area contributed by atoms with Crippen molar-refractivity contribution in [2.24, 2.45) is 5.41 Å². The third kappa shape index (κ3) is 3.21. The number of hydrogen-bond acceptors (Lipinski definition) is 4. The summed E-state index contributed by atoms with van der Waals surface area (Å²) in [4.78, 5) is 22.2. The van der Waals surface area contributed by atoms with E-state index in [-0.39, 0.29) is 23.6 Å². The van der Waals surface area contributed by atoms with Gasteiger partial charge >= 0.3 is 0 Å². The van der Waals surface area contributed by atoms with Crippen LogP contribution in [0.2, 0.25) is 0 Å². The van der Waals surface area contributed by atoms with Gasteiger partial charge in [-0.2, -0.15) is 0 Å². The van der Waals surface area contributed by atoms with Crippen molar-refractivity contribution in [3.8, 4) is 0 Å². The first-order chi connectivity index (χ1) is 8.97. The summed E-state index contributed by atoms with van der Waals surface area (Å²) < 4.78 is 0.662. The minimum absolute atomic E-state index is 0.0549. The van der Waals surface area contributed by atoms with Gasteiger partial charge in [0, 0.05) is 27.7 Å². The van der Waals surface area contributed by atoms with E-state index in [0.29, 0.717) is 15.7 Å². The smallest absolute Gasteiger partial charge is 0.270 e. The van der Waals surface area contributed by atoms with Crippen molar-refractivity contribution in [1.82, 2.24) is 5.32 Å². The number of carbonyl (C=O) groups is 1. The van der Waals surface area contributed by atoms with Crippen LogP contribution in [0.4, 0.5) is 5.69 Å². The Balaban J connectivity index is 2.10. The second kappa shape index (κ2) is 5.41. The molecule has 0 unspecified atom stereocenters. The summed E-state index contributed by atoms with van der Waals surface area (Å²) in [5, 5.41) is 22.6.